The predicted octanol–water partition coefficient (Wildman–Crippen LogP) is 3.26. The molecule has 0 bridgehead atoms. The molecule has 2 aromatic rings. The van der Waals surface area contributed by atoms with Crippen LogP contribution in [0, 0.1) is 5.82 Å². The molecule has 2 amide bonds. The second-order valence-corrected chi connectivity index (χ2v) is 5.73. The molecule has 0 fully saturated rings. The number of benzene rings is 2. The van der Waals surface area contributed by atoms with Crippen LogP contribution in [0.2, 0.25) is 5.02 Å². The van der Waals surface area contributed by atoms with Gasteiger partial charge >= 0.3 is 5.97 Å². The third-order valence-corrected chi connectivity index (χ3v) is 3.79. The van der Waals surface area contributed by atoms with Crippen LogP contribution in [0.15, 0.2) is 42.5 Å². The molecule has 0 aromatic heterocycles. The van der Waals surface area contributed by atoms with E-state index in [4.69, 9.17) is 11.6 Å². The molecule has 0 aliphatic rings. The van der Waals surface area contributed by atoms with Gasteiger partial charge in [0.15, 0.2) is 0 Å². The zero-order valence-corrected chi connectivity index (χ0v) is 14.8. The Bertz CT molecular complexity index is 840. The zero-order valence-electron chi connectivity index (χ0n) is 14.1. The van der Waals surface area contributed by atoms with Crippen molar-refractivity contribution in [2.75, 3.05) is 23.9 Å². The Hall–Kier alpha value is -2.93. The van der Waals surface area contributed by atoms with Crippen molar-refractivity contribution in [2.45, 2.75) is 6.92 Å². The van der Waals surface area contributed by atoms with E-state index in [0.717, 1.165) is 4.90 Å². The van der Waals surface area contributed by atoms with Crippen molar-refractivity contribution in [2.24, 2.45) is 0 Å². The summed E-state index contributed by atoms with van der Waals surface area (Å²) in [4.78, 5) is 37.1. The average Bonchev–Trinajstić information content (AvgIpc) is 2.61. The highest BCUT2D eigenvalue weighted by Crippen LogP contribution is 2.27. The largest absolute Gasteiger partial charge is 0.465 e. The van der Waals surface area contributed by atoms with Crippen molar-refractivity contribution in [1.29, 1.82) is 0 Å². The van der Waals surface area contributed by atoms with E-state index in [1.54, 1.807) is 0 Å². The molecule has 0 spiro atoms. The summed E-state index contributed by atoms with van der Waals surface area (Å²) in [7, 11) is 1.23. The highest BCUT2D eigenvalue weighted by Gasteiger charge is 2.20. The fourth-order valence-corrected chi connectivity index (χ4v) is 2.43. The van der Waals surface area contributed by atoms with Crippen LogP contribution in [0.4, 0.5) is 15.8 Å². The first-order chi connectivity index (χ1) is 12.3. The van der Waals surface area contributed by atoms with E-state index in [0.29, 0.717) is 5.69 Å². The summed E-state index contributed by atoms with van der Waals surface area (Å²) in [6.45, 7) is 0.934. The first kappa shape index (κ1) is 19.4. The van der Waals surface area contributed by atoms with Crippen LogP contribution in [0.25, 0.3) is 0 Å². The Kier molecular flexibility index (Phi) is 6.30. The standard InChI is InChI=1S/C18H16ClFN2O4/c1-11(23)22(10-17(24)21-14-6-4-13(20)5-7-14)16-9-12(18(25)26-2)3-8-15(16)19/h3-9H,10H2,1-2H3,(H,21,24). The Balaban J connectivity index is 2.23. The summed E-state index contributed by atoms with van der Waals surface area (Å²) in [5.41, 5.74) is 0.780. The summed E-state index contributed by atoms with van der Waals surface area (Å²) >= 11 is 6.12. The number of hydrogen-bond donors (Lipinski definition) is 1. The van der Waals surface area contributed by atoms with Gasteiger partial charge in [-0.25, -0.2) is 9.18 Å². The molecule has 2 rings (SSSR count). The van der Waals surface area contributed by atoms with Gasteiger partial charge in [0.1, 0.15) is 12.4 Å². The number of nitrogens with zero attached hydrogens (tertiary/aromatic N) is 1. The summed E-state index contributed by atoms with van der Waals surface area (Å²) in [6.07, 6.45) is 0. The predicted molar refractivity (Wildman–Crippen MR) is 95.8 cm³/mol. The molecule has 0 saturated carbocycles. The number of methoxy groups -OCH3 is 1. The fourth-order valence-electron chi connectivity index (χ4n) is 2.21. The van der Waals surface area contributed by atoms with E-state index in [1.807, 2.05) is 0 Å². The smallest absolute Gasteiger partial charge is 0.337 e. The Morgan fingerprint density at radius 1 is 1.15 bits per heavy atom. The molecule has 136 valence electrons. The lowest BCUT2D eigenvalue weighted by atomic mass is 10.2. The fraction of sp³-hybridized carbons (Fsp3) is 0.167. The van der Waals surface area contributed by atoms with Crippen molar-refractivity contribution in [3.63, 3.8) is 0 Å². The molecule has 0 radical (unpaired) electrons. The molecule has 0 heterocycles. The monoisotopic (exact) mass is 378 g/mol. The number of carbonyl (C=O) groups is 3. The van der Waals surface area contributed by atoms with Gasteiger partial charge in [0.05, 0.1) is 23.4 Å². The first-order valence-electron chi connectivity index (χ1n) is 7.53. The lowest BCUT2D eigenvalue weighted by Crippen LogP contribution is -2.37. The molecule has 0 atom stereocenters. The molecule has 1 N–H and O–H groups in total. The number of ether oxygens (including phenoxy) is 1. The second kappa shape index (κ2) is 8.44. The van der Waals surface area contributed by atoms with Crippen molar-refractivity contribution in [1.82, 2.24) is 0 Å². The summed E-state index contributed by atoms with van der Waals surface area (Å²) in [5.74, 6) is -1.98. The van der Waals surface area contributed by atoms with E-state index in [2.05, 4.69) is 10.1 Å². The lowest BCUT2D eigenvalue weighted by Gasteiger charge is -2.22. The molecule has 0 aliphatic carbocycles. The SMILES string of the molecule is COC(=O)c1ccc(Cl)c(N(CC(=O)Nc2ccc(F)cc2)C(C)=O)c1. The third-order valence-electron chi connectivity index (χ3n) is 3.47. The molecule has 2 aromatic carbocycles. The van der Waals surface area contributed by atoms with Crippen LogP contribution >= 0.6 is 11.6 Å². The van der Waals surface area contributed by atoms with Gasteiger partial charge in [0.25, 0.3) is 0 Å². The van der Waals surface area contributed by atoms with Gasteiger partial charge in [-0.2, -0.15) is 0 Å². The van der Waals surface area contributed by atoms with Gasteiger partial charge < -0.3 is 15.0 Å². The number of hydrogen-bond acceptors (Lipinski definition) is 4. The third kappa shape index (κ3) is 4.80. The molecular weight excluding hydrogens is 363 g/mol. The molecule has 26 heavy (non-hydrogen) atoms. The zero-order chi connectivity index (χ0) is 19.3. The second-order valence-electron chi connectivity index (χ2n) is 5.32. The minimum Gasteiger partial charge on any atom is -0.465 e. The normalized spacial score (nSPS) is 10.2. The topological polar surface area (TPSA) is 75.7 Å². The minimum absolute atomic E-state index is 0.192. The van der Waals surface area contributed by atoms with Crippen LogP contribution in [0.1, 0.15) is 17.3 Å². The summed E-state index contributed by atoms with van der Waals surface area (Å²) in [6, 6.07) is 9.47. The van der Waals surface area contributed by atoms with E-state index >= 15 is 0 Å². The highest BCUT2D eigenvalue weighted by molar-refractivity contribution is 6.34. The van der Waals surface area contributed by atoms with Gasteiger partial charge in [0, 0.05) is 12.6 Å². The molecule has 6 nitrogen and oxygen atoms in total. The van der Waals surface area contributed by atoms with E-state index in [-0.39, 0.29) is 22.8 Å². The summed E-state index contributed by atoms with van der Waals surface area (Å²) in [5, 5.41) is 2.75. The van der Waals surface area contributed by atoms with Crippen molar-refractivity contribution >= 4 is 40.8 Å². The van der Waals surface area contributed by atoms with E-state index in [9.17, 15) is 18.8 Å². The van der Waals surface area contributed by atoms with E-state index < -0.39 is 23.6 Å². The van der Waals surface area contributed by atoms with Crippen LogP contribution in [0.5, 0.6) is 0 Å². The highest BCUT2D eigenvalue weighted by atomic mass is 35.5. The number of rotatable bonds is 5. The number of amides is 2. The van der Waals surface area contributed by atoms with Gasteiger partial charge in [-0.3, -0.25) is 9.59 Å². The lowest BCUT2D eigenvalue weighted by molar-refractivity contribution is -0.120. The van der Waals surface area contributed by atoms with E-state index in [1.165, 1.54) is 56.5 Å². The number of anilines is 2. The van der Waals surface area contributed by atoms with Crippen LogP contribution < -0.4 is 10.2 Å². The quantitative estimate of drug-likeness (QED) is 0.810. The Labute approximate surface area is 154 Å². The van der Waals surface area contributed by atoms with Crippen molar-refractivity contribution < 1.29 is 23.5 Å². The van der Waals surface area contributed by atoms with Gasteiger partial charge in [-0.1, -0.05) is 11.6 Å². The average molecular weight is 379 g/mol. The van der Waals surface area contributed by atoms with Crippen molar-refractivity contribution in [3.05, 3.63) is 58.9 Å². The van der Waals surface area contributed by atoms with Gasteiger partial charge in [-0.15, -0.1) is 0 Å². The number of esters is 1. The van der Waals surface area contributed by atoms with Crippen LogP contribution in [-0.4, -0.2) is 31.4 Å². The molecular formula is C18H16ClFN2O4. The molecule has 8 heteroatoms. The van der Waals surface area contributed by atoms with Crippen LogP contribution in [-0.2, 0) is 14.3 Å². The minimum atomic E-state index is -0.595. The number of nitrogens with one attached hydrogen (secondary N) is 1. The maximum absolute atomic E-state index is 12.9. The molecule has 0 saturated heterocycles. The van der Waals surface area contributed by atoms with Gasteiger partial charge in [0.2, 0.25) is 11.8 Å². The maximum Gasteiger partial charge on any atom is 0.337 e. The molecule has 0 aliphatic heterocycles. The van der Waals surface area contributed by atoms with Crippen molar-refractivity contribution in [3.8, 4) is 0 Å². The number of carbonyl (C=O) groups excluding carboxylic acids is 3. The number of halogens is 2. The van der Waals surface area contributed by atoms with Gasteiger partial charge in [-0.05, 0) is 42.5 Å². The Morgan fingerprint density at radius 3 is 2.38 bits per heavy atom. The first-order valence-corrected chi connectivity index (χ1v) is 7.91. The summed E-state index contributed by atoms with van der Waals surface area (Å²) < 4.78 is 17.6. The molecule has 0 unspecified atom stereocenters. The maximum atomic E-state index is 12.9. The van der Waals surface area contributed by atoms with Crippen LogP contribution in [0.3, 0.4) is 0 Å². The Morgan fingerprint density at radius 2 is 1.81 bits per heavy atom.